The number of carboxylic acid groups (broad SMARTS) is 2. The summed E-state index contributed by atoms with van der Waals surface area (Å²) in [7, 11) is 0. The van der Waals surface area contributed by atoms with Crippen molar-refractivity contribution in [3.8, 4) is 0 Å². The number of hydrogen-bond acceptors (Lipinski definition) is 14. The van der Waals surface area contributed by atoms with Gasteiger partial charge in [0.25, 0.3) is 0 Å². The summed E-state index contributed by atoms with van der Waals surface area (Å²) in [5, 5.41) is 94.7. The minimum Gasteiger partial charge on any atom is -0.479 e. The fourth-order valence-corrected chi connectivity index (χ4v) is 13.5. The molecule has 2 saturated heterocycles. The maximum atomic E-state index is 14.9. The monoisotopic (exact) mass is 824 g/mol. The van der Waals surface area contributed by atoms with Gasteiger partial charge < -0.3 is 64.9 Å². The number of hydrogen-bond donors (Lipinski definition) is 9. The summed E-state index contributed by atoms with van der Waals surface area (Å²) in [6.45, 7) is 14.9. The molecule has 7 aliphatic rings. The maximum Gasteiger partial charge on any atom is 0.335 e. The summed E-state index contributed by atoms with van der Waals surface area (Å²) >= 11 is 0. The van der Waals surface area contributed by atoms with E-state index in [2.05, 4.69) is 27.7 Å². The van der Waals surface area contributed by atoms with Crippen molar-refractivity contribution in [2.24, 2.45) is 50.2 Å². The van der Waals surface area contributed by atoms with Crippen LogP contribution in [0.1, 0.15) is 99.8 Å². The van der Waals surface area contributed by atoms with Crippen molar-refractivity contribution >= 4 is 17.7 Å². The van der Waals surface area contributed by atoms with Gasteiger partial charge in [-0.1, -0.05) is 54.0 Å². The van der Waals surface area contributed by atoms with Crippen LogP contribution in [0, 0.1) is 50.2 Å². The summed E-state index contributed by atoms with van der Waals surface area (Å²) in [5.41, 5.74) is -1.73. The van der Waals surface area contributed by atoms with Gasteiger partial charge >= 0.3 is 11.9 Å². The third-order valence-electron chi connectivity index (χ3n) is 17.3. The zero-order valence-electron chi connectivity index (χ0n) is 34.5. The first-order valence-electron chi connectivity index (χ1n) is 20.8. The molecule has 16 nitrogen and oxygen atoms in total. The van der Waals surface area contributed by atoms with Crippen LogP contribution in [-0.4, -0.2) is 144 Å². The van der Waals surface area contributed by atoms with Crippen molar-refractivity contribution in [2.45, 2.75) is 173 Å². The van der Waals surface area contributed by atoms with E-state index in [0.29, 0.717) is 25.7 Å². The van der Waals surface area contributed by atoms with E-state index >= 15 is 0 Å². The Hall–Kier alpha value is -2.09. The van der Waals surface area contributed by atoms with E-state index in [1.807, 2.05) is 26.8 Å². The highest BCUT2D eigenvalue weighted by molar-refractivity contribution is 5.95. The number of fused-ring (bicyclic) bond motifs is 7. The van der Waals surface area contributed by atoms with Gasteiger partial charge in [0.15, 0.2) is 30.6 Å². The number of carboxylic acids is 2. The smallest absolute Gasteiger partial charge is 0.335 e. The van der Waals surface area contributed by atoms with Crippen LogP contribution in [0.2, 0.25) is 0 Å². The molecule has 20 atom stereocenters. The van der Waals surface area contributed by atoms with Crippen LogP contribution in [0.15, 0.2) is 11.6 Å². The lowest BCUT2D eigenvalue weighted by molar-refractivity contribution is -0.371. The minimum absolute atomic E-state index is 0.0451. The molecule has 0 bridgehead atoms. The first-order valence-corrected chi connectivity index (χ1v) is 20.8. The fourth-order valence-electron chi connectivity index (χ4n) is 13.5. The molecule has 0 amide bonds. The summed E-state index contributed by atoms with van der Waals surface area (Å²) in [6, 6.07) is 0. The van der Waals surface area contributed by atoms with E-state index in [1.165, 1.54) is 0 Å². The van der Waals surface area contributed by atoms with Gasteiger partial charge in [-0.25, -0.2) is 9.59 Å². The van der Waals surface area contributed by atoms with Gasteiger partial charge in [0.1, 0.15) is 36.6 Å². The molecule has 7 rings (SSSR count). The van der Waals surface area contributed by atoms with Crippen molar-refractivity contribution in [2.75, 3.05) is 6.61 Å². The average molecular weight is 825 g/mol. The van der Waals surface area contributed by atoms with Crippen molar-refractivity contribution in [1.29, 1.82) is 0 Å². The van der Waals surface area contributed by atoms with Crippen LogP contribution in [0.25, 0.3) is 0 Å². The van der Waals surface area contributed by atoms with Crippen molar-refractivity contribution in [3.63, 3.8) is 0 Å². The van der Waals surface area contributed by atoms with Gasteiger partial charge in [-0.2, -0.15) is 0 Å². The quantitative estimate of drug-likeness (QED) is 0.163. The number of aliphatic hydroxyl groups excluding tert-OH is 7. The lowest BCUT2D eigenvalue weighted by Crippen LogP contribution is -2.68. The molecule has 0 aromatic heterocycles. The van der Waals surface area contributed by atoms with E-state index in [-0.39, 0.29) is 35.6 Å². The van der Waals surface area contributed by atoms with Gasteiger partial charge in [0.2, 0.25) is 0 Å². The lowest BCUT2D eigenvalue weighted by Gasteiger charge is -2.71. The number of rotatable bonds is 7. The minimum atomic E-state index is -2.05. The molecule has 16 heteroatoms. The highest BCUT2D eigenvalue weighted by Crippen LogP contribution is 2.75. The zero-order valence-corrected chi connectivity index (χ0v) is 34.5. The molecule has 0 radical (unpaired) electrons. The molecule has 58 heavy (non-hydrogen) atoms. The van der Waals surface area contributed by atoms with Crippen LogP contribution >= 0.6 is 0 Å². The first-order chi connectivity index (χ1) is 26.8. The molecule has 0 spiro atoms. The molecule has 2 aliphatic heterocycles. The van der Waals surface area contributed by atoms with E-state index in [4.69, 9.17) is 18.9 Å². The lowest BCUT2D eigenvalue weighted by atomic mass is 9.33. The SMILES string of the molecule is CC1(C)[C@@H](O[C@@H]2O[C@H](C(=O)O)[C@@H](O)[C@H](O)[C@H]2O[C@@H]2O[C@H](C(=O)O)[C@@H](O)[C@H](O)[C@H]2O)CC[C@]2(C)[C@H]3C(=O)C=C4[C@H]5C[C@@](C)(CO)C[C@@H](O)[C@]5(C)CC[C@@]4(C)[C@]3(C)CC[C@@H]12. The molecule has 0 aromatic carbocycles. The number of carbonyl (C=O) groups excluding carboxylic acids is 1. The molecular weight excluding hydrogens is 760 g/mol. The third-order valence-corrected chi connectivity index (χ3v) is 17.3. The molecule has 4 saturated carbocycles. The van der Waals surface area contributed by atoms with Crippen molar-refractivity contribution in [1.82, 2.24) is 0 Å². The molecule has 0 unspecified atom stereocenters. The molecule has 0 aromatic rings. The number of aliphatic hydroxyl groups is 7. The molecule has 6 fully saturated rings. The Balaban J connectivity index is 1.18. The topological polar surface area (TPSA) is 270 Å². The Morgan fingerprint density at radius 2 is 1.33 bits per heavy atom. The van der Waals surface area contributed by atoms with Gasteiger partial charge in [0, 0.05) is 17.9 Å². The van der Waals surface area contributed by atoms with Crippen molar-refractivity contribution < 1.29 is 79.3 Å². The number of carbonyl (C=O) groups is 3. The Bertz CT molecular complexity index is 1680. The third kappa shape index (κ3) is 6.29. The zero-order chi connectivity index (χ0) is 42.9. The maximum absolute atomic E-state index is 14.9. The predicted octanol–water partition coefficient (Wildman–Crippen LogP) is 1.12. The molecular formula is C42H64O16. The van der Waals surface area contributed by atoms with E-state index in [0.717, 1.165) is 31.3 Å². The standard InChI is InChI=1S/C42H64O16/c1-37(2)21-8-11-42(7)32(20(44)14-18-19-15-38(3,17-43)16-22(45)39(19,4)12-13-41(18,42)6)40(21,5)10-9-23(37)55-36-31(27(49)26(48)30(57-36)34(53)54)58-35-28(50)24(46)25(47)29(56-35)33(51)52/h14,19,21-32,35-36,43,45-50H,8-13,15-17H2,1-7H3,(H,51,52)(H,53,54)/t19-,21+,22-,23+,24+,25+,26+,27+,28-,29+,30+,31-,32-,35+,36-,38-,39-,40+,41-,42-/m1/s1. The van der Waals surface area contributed by atoms with Crippen LogP contribution in [0.5, 0.6) is 0 Å². The second-order valence-corrected chi connectivity index (χ2v) is 20.8. The van der Waals surface area contributed by atoms with Gasteiger partial charge in [-0.05, 0) is 96.4 Å². The Kier molecular flexibility index (Phi) is 11.0. The van der Waals surface area contributed by atoms with Crippen molar-refractivity contribution in [3.05, 3.63) is 11.6 Å². The molecule has 328 valence electrons. The molecule has 2 heterocycles. The van der Waals surface area contributed by atoms with E-state index in [9.17, 15) is 60.3 Å². The average Bonchev–Trinajstić information content (AvgIpc) is 3.13. The van der Waals surface area contributed by atoms with E-state index < -0.39 is 113 Å². The highest BCUT2D eigenvalue weighted by atomic mass is 16.8. The second kappa shape index (κ2) is 14.5. The van der Waals surface area contributed by atoms with Gasteiger partial charge in [0.05, 0.1) is 12.2 Å². The number of aliphatic carboxylic acids is 2. The fraction of sp³-hybridized carbons (Fsp3) is 0.881. The van der Waals surface area contributed by atoms with Gasteiger partial charge in [-0.3, -0.25) is 4.79 Å². The number of allylic oxidation sites excluding steroid dienone is 2. The van der Waals surface area contributed by atoms with Crippen LogP contribution < -0.4 is 0 Å². The van der Waals surface area contributed by atoms with Gasteiger partial charge in [-0.15, -0.1) is 0 Å². The molecule has 5 aliphatic carbocycles. The Labute approximate surface area is 338 Å². The number of ether oxygens (including phenoxy) is 4. The van der Waals surface area contributed by atoms with Crippen LogP contribution in [0.4, 0.5) is 0 Å². The van der Waals surface area contributed by atoms with E-state index in [1.54, 1.807) is 0 Å². The molecule has 9 N–H and O–H groups in total. The first kappa shape index (κ1) is 44.0. The summed E-state index contributed by atoms with van der Waals surface area (Å²) < 4.78 is 23.4. The highest BCUT2D eigenvalue weighted by Gasteiger charge is 2.71. The summed E-state index contributed by atoms with van der Waals surface area (Å²) in [4.78, 5) is 38.8. The van der Waals surface area contributed by atoms with Crippen LogP contribution in [-0.2, 0) is 33.3 Å². The number of ketones is 1. The predicted molar refractivity (Wildman–Crippen MR) is 200 cm³/mol. The normalized spacial score (nSPS) is 53.9. The summed E-state index contributed by atoms with van der Waals surface area (Å²) in [6.07, 6.45) is -13.7. The Morgan fingerprint density at radius 1 is 0.724 bits per heavy atom. The second-order valence-electron chi connectivity index (χ2n) is 20.8. The summed E-state index contributed by atoms with van der Waals surface area (Å²) in [5.74, 6) is -3.69. The van der Waals surface area contributed by atoms with Crippen LogP contribution in [0.3, 0.4) is 0 Å². The Morgan fingerprint density at radius 3 is 1.93 bits per heavy atom. The largest absolute Gasteiger partial charge is 0.479 e.